The molecule has 1 aromatic heterocycles. The molecule has 0 radical (unpaired) electrons. The van der Waals surface area contributed by atoms with Crippen molar-refractivity contribution in [2.24, 2.45) is 11.7 Å². The molecule has 0 bridgehead atoms. The van der Waals surface area contributed by atoms with Crippen LogP contribution in [-0.2, 0) is 41.3 Å². The number of hydrogen-bond donors (Lipinski definition) is 2. The summed E-state index contributed by atoms with van der Waals surface area (Å²) in [5.74, 6) is -2.41. The van der Waals surface area contributed by atoms with Crippen LogP contribution < -0.4 is 11.1 Å². The minimum atomic E-state index is -3.30. The topological polar surface area (TPSA) is 144 Å². The minimum Gasteiger partial charge on any atom is -0.369 e. The molecule has 10 nitrogen and oxygen atoms in total. The van der Waals surface area contributed by atoms with Gasteiger partial charge in [-0.15, -0.1) is 0 Å². The number of aromatic nitrogens is 2. The zero-order chi connectivity index (χ0) is 20.9. The molecule has 0 aromatic carbocycles. The van der Waals surface area contributed by atoms with E-state index in [0.29, 0.717) is 24.1 Å². The van der Waals surface area contributed by atoms with Gasteiger partial charge in [-0.1, -0.05) is 0 Å². The highest BCUT2D eigenvalue weighted by atomic mass is 32.2. The molecule has 2 aliphatic heterocycles. The number of rotatable bonds is 2. The van der Waals surface area contributed by atoms with Crippen LogP contribution >= 0.6 is 0 Å². The molecule has 28 heavy (non-hydrogen) atoms. The number of piperidine rings is 1. The Bertz CT molecular complexity index is 936. The second-order valence-corrected chi connectivity index (χ2v) is 10.4. The molecule has 0 saturated carbocycles. The summed E-state index contributed by atoms with van der Waals surface area (Å²) >= 11 is 0. The third-order valence-corrected chi connectivity index (χ3v) is 6.48. The van der Waals surface area contributed by atoms with E-state index in [2.05, 4.69) is 10.4 Å². The third kappa shape index (κ3) is 3.89. The molecule has 3 amide bonds. The van der Waals surface area contributed by atoms with E-state index in [-0.39, 0.29) is 36.3 Å². The average molecular weight is 411 g/mol. The Labute approximate surface area is 163 Å². The van der Waals surface area contributed by atoms with Gasteiger partial charge in [0, 0.05) is 24.6 Å². The van der Waals surface area contributed by atoms with Gasteiger partial charge in [-0.25, -0.2) is 13.1 Å². The highest BCUT2D eigenvalue weighted by Gasteiger charge is 2.37. The molecule has 0 aliphatic carbocycles. The summed E-state index contributed by atoms with van der Waals surface area (Å²) in [6.07, 6.45) is 0.837. The van der Waals surface area contributed by atoms with Crippen molar-refractivity contribution in [1.29, 1.82) is 0 Å². The Hall–Kier alpha value is -2.43. The molecule has 3 rings (SSSR count). The van der Waals surface area contributed by atoms with E-state index in [4.69, 9.17) is 5.73 Å². The lowest BCUT2D eigenvalue weighted by molar-refractivity contribution is -0.144. The van der Waals surface area contributed by atoms with Crippen LogP contribution in [0.3, 0.4) is 0 Å². The first-order valence-corrected chi connectivity index (χ1v) is 10.9. The van der Waals surface area contributed by atoms with Crippen LogP contribution in [0.25, 0.3) is 0 Å². The number of likely N-dealkylation sites (tertiary alicyclic amines) is 1. The van der Waals surface area contributed by atoms with E-state index in [9.17, 15) is 22.8 Å². The van der Waals surface area contributed by atoms with Gasteiger partial charge in [0.2, 0.25) is 5.91 Å². The lowest BCUT2D eigenvalue weighted by Gasteiger charge is -2.30. The highest BCUT2D eigenvalue weighted by molar-refractivity contribution is 7.90. The lowest BCUT2D eigenvalue weighted by atomic mass is 9.96. The fourth-order valence-corrected chi connectivity index (χ4v) is 5.02. The first-order valence-electron chi connectivity index (χ1n) is 9.10. The number of hydrogen-bond acceptors (Lipinski definition) is 6. The molecule has 11 heteroatoms. The summed E-state index contributed by atoms with van der Waals surface area (Å²) in [5, 5.41) is 6.94. The number of nitrogens with zero attached hydrogens (tertiary/aromatic N) is 3. The minimum absolute atomic E-state index is 0.178. The van der Waals surface area contributed by atoms with Crippen molar-refractivity contribution in [3.05, 3.63) is 11.3 Å². The maximum absolute atomic E-state index is 12.6. The van der Waals surface area contributed by atoms with E-state index in [0.717, 1.165) is 0 Å². The van der Waals surface area contributed by atoms with Crippen molar-refractivity contribution in [2.75, 3.05) is 18.4 Å². The highest BCUT2D eigenvalue weighted by Crippen LogP contribution is 2.34. The number of carbonyl (C=O) groups is 3. The predicted molar refractivity (Wildman–Crippen MR) is 101 cm³/mol. The Kier molecular flexibility index (Phi) is 4.98. The molecule has 2 aliphatic rings. The van der Waals surface area contributed by atoms with Gasteiger partial charge in [0.25, 0.3) is 0 Å². The molecular weight excluding hydrogens is 386 g/mol. The molecule has 0 spiro atoms. The van der Waals surface area contributed by atoms with E-state index in [1.165, 1.54) is 4.90 Å². The Morgan fingerprint density at radius 3 is 2.29 bits per heavy atom. The second kappa shape index (κ2) is 6.87. The standard InChI is InChI=1S/C17H25N5O5S/c1-17(2,3)22-14(11-8-28(26,27)9-12(11)20-22)19-15(24)16(25)21-6-4-10(5-7-21)13(18)23/h10H,4-9H2,1-3H3,(H2,18,23)(H,19,24). The van der Waals surface area contributed by atoms with Gasteiger partial charge in [0.15, 0.2) is 9.84 Å². The molecular formula is C17H25N5O5S. The summed E-state index contributed by atoms with van der Waals surface area (Å²) in [6, 6.07) is 0. The molecule has 1 aromatic rings. The molecule has 1 saturated heterocycles. The number of primary amides is 1. The molecule has 3 N–H and O–H groups in total. The van der Waals surface area contributed by atoms with Crippen LogP contribution in [0, 0.1) is 5.92 Å². The fraction of sp³-hybridized carbons (Fsp3) is 0.647. The van der Waals surface area contributed by atoms with Gasteiger partial charge in [0.05, 0.1) is 22.7 Å². The Morgan fingerprint density at radius 2 is 1.75 bits per heavy atom. The van der Waals surface area contributed by atoms with Crippen molar-refractivity contribution in [3.8, 4) is 0 Å². The summed E-state index contributed by atoms with van der Waals surface area (Å²) in [5.41, 5.74) is 5.61. The van der Waals surface area contributed by atoms with E-state index < -0.39 is 33.1 Å². The van der Waals surface area contributed by atoms with Crippen molar-refractivity contribution < 1.29 is 22.8 Å². The molecule has 154 valence electrons. The first kappa shape index (κ1) is 20.3. The van der Waals surface area contributed by atoms with Gasteiger partial charge in [0.1, 0.15) is 5.82 Å². The normalized spacial score (nSPS) is 19.3. The van der Waals surface area contributed by atoms with Gasteiger partial charge in [-0.05, 0) is 33.6 Å². The molecule has 0 atom stereocenters. The number of amides is 3. The number of anilines is 1. The lowest BCUT2D eigenvalue weighted by Crippen LogP contribution is -2.46. The summed E-state index contributed by atoms with van der Waals surface area (Å²) in [4.78, 5) is 37.7. The van der Waals surface area contributed by atoms with Gasteiger partial charge in [-0.2, -0.15) is 5.10 Å². The predicted octanol–water partition coefficient (Wildman–Crippen LogP) is -0.271. The quantitative estimate of drug-likeness (QED) is 0.641. The maximum atomic E-state index is 12.6. The van der Waals surface area contributed by atoms with E-state index in [1.54, 1.807) is 4.68 Å². The van der Waals surface area contributed by atoms with Crippen LogP contribution in [0.5, 0.6) is 0 Å². The SMILES string of the molecule is CC(C)(C)n1nc2c(c1NC(=O)C(=O)N1CCC(C(N)=O)CC1)CS(=O)(=O)C2. The van der Waals surface area contributed by atoms with Crippen molar-refractivity contribution >= 4 is 33.4 Å². The number of fused-ring (bicyclic) bond motifs is 1. The number of carbonyl (C=O) groups excluding carboxylic acids is 3. The monoisotopic (exact) mass is 411 g/mol. The fourth-order valence-electron chi connectivity index (χ4n) is 3.53. The number of nitrogens with two attached hydrogens (primary N) is 1. The van der Waals surface area contributed by atoms with Crippen LogP contribution in [-0.4, -0.2) is 53.9 Å². The second-order valence-electron chi connectivity index (χ2n) is 8.31. The van der Waals surface area contributed by atoms with Crippen molar-refractivity contribution in [2.45, 2.75) is 50.7 Å². The van der Waals surface area contributed by atoms with Crippen molar-refractivity contribution in [1.82, 2.24) is 14.7 Å². The van der Waals surface area contributed by atoms with E-state index >= 15 is 0 Å². The summed E-state index contributed by atoms with van der Waals surface area (Å²) in [7, 11) is -3.30. The Morgan fingerprint density at radius 1 is 1.14 bits per heavy atom. The zero-order valence-corrected chi connectivity index (χ0v) is 17.0. The maximum Gasteiger partial charge on any atom is 0.315 e. The molecule has 0 unspecified atom stereocenters. The van der Waals surface area contributed by atoms with Crippen molar-refractivity contribution in [3.63, 3.8) is 0 Å². The van der Waals surface area contributed by atoms with Crippen LogP contribution in [0.1, 0.15) is 44.9 Å². The number of sulfone groups is 1. The largest absolute Gasteiger partial charge is 0.369 e. The van der Waals surface area contributed by atoms with Gasteiger partial charge in [-0.3, -0.25) is 14.4 Å². The first-order chi connectivity index (χ1) is 12.9. The summed E-state index contributed by atoms with van der Waals surface area (Å²) < 4.78 is 25.4. The number of nitrogens with one attached hydrogen (secondary N) is 1. The van der Waals surface area contributed by atoms with Gasteiger partial charge < -0.3 is 16.0 Å². The summed E-state index contributed by atoms with van der Waals surface area (Å²) in [6.45, 7) is 6.15. The molecule has 3 heterocycles. The van der Waals surface area contributed by atoms with Crippen LogP contribution in [0.4, 0.5) is 5.82 Å². The van der Waals surface area contributed by atoms with Crippen LogP contribution in [0.2, 0.25) is 0 Å². The van der Waals surface area contributed by atoms with Crippen LogP contribution in [0.15, 0.2) is 0 Å². The Balaban J connectivity index is 1.79. The smallest absolute Gasteiger partial charge is 0.315 e. The van der Waals surface area contributed by atoms with E-state index in [1.807, 2.05) is 20.8 Å². The average Bonchev–Trinajstić information content (AvgIpc) is 3.06. The molecule has 1 fully saturated rings. The third-order valence-electron chi connectivity index (χ3n) is 5.03. The van der Waals surface area contributed by atoms with Gasteiger partial charge >= 0.3 is 11.8 Å². The zero-order valence-electron chi connectivity index (χ0n) is 16.2.